The van der Waals surface area contributed by atoms with Crippen LogP contribution in [0.15, 0.2) is 162 Å². The van der Waals surface area contributed by atoms with Gasteiger partial charge in [0, 0.05) is 16.2 Å². The summed E-state index contributed by atoms with van der Waals surface area (Å²) in [6.07, 6.45) is 0. The highest BCUT2D eigenvalue weighted by molar-refractivity contribution is 6.28. The molecule has 200 valence electrons. The van der Waals surface area contributed by atoms with Gasteiger partial charge >= 0.3 is 0 Å². The molecule has 9 aromatic rings. The molecule has 0 unspecified atom stereocenters. The molecule has 0 saturated carbocycles. The first-order valence-electron chi connectivity index (χ1n) is 16.9. The van der Waals surface area contributed by atoms with Crippen molar-refractivity contribution in [1.82, 2.24) is 0 Å². The van der Waals surface area contributed by atoms with Crippen molar-refractivity contribution < 1.29 is 11.3 Å². The fourth-order valence-corrected chi connectivity index (χ4v) is 6.59. The second-order valence-corrected chi connectivity index (χ2v) is 10.8. The van der Waals surface area contributed by atoms with Crippen LogP contribution in [0, 0.1) is 0 Å². The summed E-state index contributed by atoms with van der Waals surface area (Å²) in [4.78, 5) is 0. The summed E-state index contributed by atoms with van der Waals surface area (Å²) in [5.41, 5.74) is 6.83. The van der Waals surface area contributed by atoms with Crippen molar-refractivity contribution in [2.75, 3.05) is 0 Å². The molecule has 0 aliphatic rings. The van der Waals surface area contributed by atoms with Crippen LogP contribution < -0.4 is 0 Å². The highest BCUT2D eigenvalue weighted by atomic mass is 16.3. The maximum atomic E-state index is 9.76. The largest absolute Gasteiger partial charge is 0.455 e. The second kappa shape index (κ2) is 9.44. The molecule has 0 radical (unpaired) electrons. The monoisotopic (exact) mass is 551 g/mol. The van der Waals surface area contributed by atoms with Crippen LogP contribution in [-0.2, 0) is 0 Å². The van der Waals surface area contributed by atoms with Crippen molar-refractivity contribution >= 4 is 54.3 Å². The van der Waals surface area contributed by atoms with Gasteiger partial charge in [0.2, 0.25) is 0 Å². The molecule has 1 nitrogen and oxygen atoms in total. The number of fused-ring (bicyclic) bond motifs is 7. The molecule has 0 spiro atoms. The van der Waals surface area contributed by atoms with E-state index in [1.54, 1.807) is 0 Å². The SMILES string of the molecule is [2H]c1c([2H])c([2H])c2c(c1[2H])c([2H])c(-c1c3ccccc3c(-c3ccc(-c4ccccc4)cc3)c3ccccc13)c1c3ccccc3oc21. The molecular weight excluding hydrogens is 520 g/mol. The Labute approximate surface area is 256 Å². The van der Waals surface area contributed by atoms with E-state index in [9.17, 15) is 1.37 Å². The van der Waals surface area contributed by atoms with Gasteiger partial charge in [-0.15, -0.1) is 0 Å². The number of hydrogen-bond acceptors (Lipinski definition) is 1. The average Bonchev–Trinajstić information content (AvgIpc) is 3.51. The first kappa shape index (κ1) is 19.5. The topological polar surface area (TPSA) is 13.1 Å². The number of rotatable bonds is 3. The van der Waals surface area contributed by atoms with Gasteiger partial charge in [-0.25, -0.2) is 0 Å². The Morgan fingerprint density at radius 2 is 0.977 bits per heavy atom. The van der Waals surface area contributed by atoms with Gasteiger partial charge in [-0.1, -0.05) is 145 Å². The first-order chi connectivity index (χ1) is 23.4. The van der Waals surface area contributed by atoms with E-state index >= 15 is 0 Å². The fourth-order valence-electron chi connectivity index (χ4n) is 6.59. The van der Waals surface area contributed by atoms with E-state index in [2.05, 4.69) is 60.7 Å². The Morgan fingerprint density at radius 1 is 0.442 bits per heavy atom. The van der Waals surface area contributed by atoms with E-state index in [1.165, 1.54) is 0 Å². The third kappa shape index (κ3) is 3.65. The number of benzene rings is 8. The van der Waals surface area contributed by atoms with Gasteiger partial charge in [0.1, 0.15) is 11.2 Å². The van der Waals surface area contributed by atoms with Gasteiger partial charge in [-0.05, 0) is 72.4 Å². The maximum absolute atomic E-state index is 9.76. The molecule has 0 saturated heterocycles. The van der Waals surface area contributed by atoms with Gasteiger partial charge in [-0.3, -0.25) is 0 Å². The zero-order valence-corrected chi connectivity index (χ0v) is 23.0. The van der Waals surface area contributed by atoms with Gasteiger partial charge < -0.3 is 4.42 Å². The van der Waals surface area contributed by atoms with Crippen LogP contribution in [0.1, 0.15) is 6.85 Å². The Morgan fingerprint density at radius 3 is 1.67 bits per heavy atom. The van der Waals surface area contributed by atoms with E-state index in [-0.39, 0.29) is 41.0 Å². The summed E-state index contributed by atoms with van der Waals surface area (Å²) < 4.78 is 51.0. The minimum absolute atomic E-state index is 0.0475. The number of hydrogen-bond donors (Lipinski definition) is 0. The van der Waals surface area contributed by atoms with Crippen molar-refractivity contribution in [3.8, 4) is 33.4 Å². The van der Waals surface area contributed by atoms with E-state index in [0.717, 1.165) is 54.7 Å². The molecule has 0 aliphatic heterocycles. The minimum atomic E-state index is -0.369. The second-order valence-electron chi connectivity index (χ2n) is 10.8. The molecule has 1 aromatic heterocycles. The van der Waals surface area contributed by atoms with E-state index in [4.69, 9.17) is 9.90 Å². The minimum Gasteiger partial charge on any atom is -0.455 e. The standard InChI is InChI=1S/C42H26O/c1-2-12-27(13-3-1)28-22-24-29(25-23-28)39-32-16-6-8-18-34(32)40(35-19-9-7-17-33(35)39)37-26-30-14-4-5-15-31(30)42-41(37)36-20-10-11-21-38(36)43-42/h1-26H/i4D,5D,14D,15D,26D. The van der Waals surface area contributed by atoms with E-state index in [1.807, 2.05) is 66.7 Å². The lowest BCUT2D eigenvalue weighted by atomic mass is 9.84. The Hall–Kier alpha value is -5.66. The quantitative estimate of drug-likeness (QED) is 0.199. The molecule has 9 rings (SSSR count). The van der Waals surface area contributed by atoms with E-state index < -0.39 is 0 Å². The van der Waals surface area contributed by atoms with Crippen molar-refractivity contribution in [3.63, 3.8) is 0 Å². The summed E-state index contributed by atoms with van der Waals surface area (Å²) in [5.74, 6) is 0. The molecule has 0 aliphatic carbocycles. The smallest absolute Gasteiger partial charge is 0.143 e. The lowest BCUT2D eigenvalue weighted by Crippen LogP contribution is -1.92. The lowest BCUT2D eigenvalue weighted by molar-refractivity contribution is 0.673. The van der Waals surface area contributed by atoms with Gasteiger partial charge in [-0.2, -0.15) is 0 Å². The van der Waals surface area contributed by atoms with Crippen molar-refractivity contribution in [3.05, 3.63) is 158 Å². The summed E-state index contributed by atoms with van der Waals surface area (Å²) in [6.45, 7) is 0. The molecule has 43 heavy (non-hydrogen) atoms. The first-order valence-corrected chi connectivity index (χ1v) is 14.4. The highest BCUT2D eigenvalue weighted by Crippen LogP contribution is 2.48. The summed E-state index contributed by atoms with van der Waals surface area (Å²) in [6, 6.07) is 41.9. The molecule has 0 atom stereocenters. The number of furan rings is 1. The molecule has 1 heterocycles. The maximum Gasteiger partial charge on any atom is 0.143 e. The van der Waals surface area contributed by atoms with Gasteiger partial charge in [0.15, 0.2) is 0 Å². The summed E-state index contributed by atoms with van der Waals surface area (Å²) in [5, 5.41) is 5.77. The van der Waals surface area contributed by atoms with Crippen LogP contribution >= 0.6 is 0 Å². The predicted molar refractivity (Wildman–Crippen MR) is 183 cm³/mol. The third-order valence-corrected chi connectivity index (χ3v) is 8.47. The van der Waals surface area contributed by atoms with Crippen molar-refractivity contribution in [2.24, 2.45) is 0 Å². The average molecular weight is 552 g/mol. The Bertz CT molecular complexity index is 2710. The normalized spacial score (nSPS) is 13.3. The van der Waals surface area contributed by atoms with Gasteiger partial charge in [0.05, 0.1) is 6.85 Å². The molecule has 8 aromatic carbocycles. The van der Waals surface area contributed by atoms with Crippen LogP contribution in [0.3, 0.4) is 0 Å². The number of para-hydroxylation sites is 1. The van der Waals surface area contributed by atoms with E-state index in [0.29, 0.717) is 22.1 Å². The highest BCUT2D eigenvalue weighted by Gasteiger charge is 2.21. The van der Waals surface area contributed by atoms with Gasteiger partial charge in [0.25, 0.3) is 0 Å². The lowest BCUT2D eigenvalue weighted by Gasteiger charge is -2.19. The third-order valence-electron chi connectivity index (χ3n) is 8.47. The fraction of sp³-hybridized carbons (Fsp3) is 0. The van der Waals surface area contributed by atoms with Crippen LogP contribution in [0.4, 0.5) is 0 Å². The molecule has 0 amide bonds. The zero-order chi connectivity index (χ0) is 32.7. The van der Waals surface area contributed by atoms with Crippen LogP contribution in [0.25, 0.3) is 87.6 Å². The van der Waals surface area contributed by atoms with Crippen LogP contribution in [-0.4, -0.2) is 0 Å². The molecular formula is C42H26O. The zero-order valence-electron chi connectivity index (χ0n) is 28.0. The predicted octanol–water partition coefficient (Wildman–Crippen LogP) is 12.0. The van der Waals surface area contributed by atoms with Crippen LogP contribution in [0.2, 0.25) is 0 Å². The molecule has 0 bridgehead atoms. The summed E-state index contributed by atoms with van der Waals surface area (Å²) in [7, 11) is 0. The van der Waals surface area contributed by atoms with Crippen molar-refractivity contribution in [1.29, 1.82) is 0 Å². The molecule has 0 N–H and O–H groups in total. The summed E-state index contributed by atoms with van der Waals surface area (Å²) >= 11 is 0. The molecule has 0 fully saturated rings. The van der Waals surface area contributed by atoms with Crippen LogP contribution in [0.5, 0.6) is 0 Å². The van der Waals surface area contributed by atoms with Crippen molar-refractivity contribution in [2.45, 2.75) is 0 Å². The Balaban J connectivity index is 1.45. The Kier molecular flexibility index (Phi) is 4.27. The molecule has 1 heteroatoms.